The van der Waals surface area contributed by atoms with Crippen molar-refractivity contribution in [3.05, 3.63) is 28.8 Å². The van der Waals surface area contributed by atoms with Gasteiger partial charge in [-0.2, -0.15) is 5.26 Å². The summed E-state index contributed by atoms with van der Waals surface area (Å²) in [5, 5.41) is 9.23. The summed E-state index contributed by atoms with van der Waals surface area (Å²) in [5.74, 6) is 0. The van der Waals surface area contributed by atoms with Gasteiger partial charge in [0, 0.05) is 0 Å². The number of benzene rings is 1. The highest BCUT2D eigenvalue weighted by atomic mass is 14.6. The number of nitriles is 1. The molecule has 1 aromatic rings. The normalized spacial score (nSPS) is 12.3. The Hall–Kier alpha value is -1.49. The third-order valence-corrected chi connectivity index (χ3v) is 2.90. The van der Waals surface area contributed by atoms with E-state index in [2.05, 4.69) is 53.7 Å². The molecule has 2 N–H and O–H groups in total. The highest BCUT2D eigenvalue weighted by Gasteiger charge is 2.18. The van der Waals surface area contributed by atoms with Gasteiger partial charge >= 0.3 is 0 Å². The summed E-state index contributed by atoms with van der Waals surface area (Å²) in [7, 11) is 0. The molecule has 0 saturated carbocycles. The van der Waals surface area contributed by atoms with Crippen molar-refractivity contribution in [1.82, 2.24) is 0 Å². The van der Waals surface area contributed by atoms with Gasteiger partial charge in [0.1, 0.15) is 6.07 Å². The summed E-state index contributed by atoms with van der Waals surface area (Å²) in [6, 6.07) is 6.33. The molecule has 0 saturated heterocycles. The maximum atomic E-state index is 9.23. The van der Waals surface area contributed by atoms with Crippen LogP contribution in [0.1, 0.15) is 58.2 Å². The molecule has 0 unspecified atom stereocenters. The Balaban J connectivity index is 3.23. The van der Waals surface area contributed by atoms with Crippen molar-refractivity contribution in [1.29, 1.82) is 5.26 Å². The lowest BCUT2D eigenvalue weighted by Crippen LogP contribution is -2.14. The molecule has 0 bridgehead atoms. The highest BCUT2D eigenvalue weighted by Crippen LogP contribution is 2.30. The third kappa shape index (κ3) is 4.95. The second-order valence-electron chi connectivity index (χ2n) is 7.80. The van der Waals surface area contributed by atoms with E-state index in [0.717, 1.165) is 18.4 Å². The Bertz CT molecular complexity index is 494. The minimum Gasteiger partial charge on any atom is -0.397 e. The van der Waals surface area contributed by atoms with Crippen LogP contribution in [-0.4, -0.2) is 0 Å². The first kappa shape index (κ1) is 15.6. The van der Waals surface area contributed by atoms with Crippen LogP contribution in [0, 0.1) is 22.2 Å². The Morgan fingerprint density at radius 2 is 1.53 bits per heavy atom. The van der Waals surface area contributed by atoms with Crippen molar-refractivity contribution in [2.75, 3.05) is 5.73 Å². The van der Waals surface area contributed by atoms with Crippen LogP contribution in [0.5, 0.6) is 0 Å². The van der Waals surface area contributed by atoms with Crippen LogP contribution in [0.25, 0.3) is 0 Å². The summed E-state index contributed by atoms with van der Waals surface area (Å²) < 4.78 is 0. The van der Waals surface area contributed by atoms with E-state index in [-0.39, 0.29) is 10.8 Å². The fourth-order valence-electron chi connectivity index (χ4n) is 2.30. The van der Waals surface area contributed by atoms with Gasteiger partial charge in [-0.1, -0.05) is 47.6 Å². The fraction of sp³-hybridized carbons (Fsp3) is 0.588. The summed E-state index contributed by atoms with van der Waals surface area (Å²) in [6.07, 6.45) is 1.85. The van der Waals surface area contributed by atoms with E-state index in [4.69, 9.17) is 5.73 Å². The van der Waals surface area contributed by atoms with E-state index < -0.39 is 0 Å². The number of hydrogen-bond acceptors (Lipinski definition) is 2. The number of nitrogens with two attached hydrogens (primary N) is 1. The second kappa shape index (κ2) is 5.25. The summed E-state index contributed by atoms with van der Waals surface area (Å²) in [4.78, 5) is 0. The molecule has 2 heteroatoms. The second-order valence-corrected chi connectivity index (χ2v) is 7.80. The molecule has 0 radical (unpaired) electrons. The predicted octanol–water partition coefficient (Wildman–Crippen LogP) is 4.32. The van der Waals surface area contributed by atoms with Gasteiger partial charge in [0.05, 0.1) is 11.3 Å². The van der Waals surface area contributed by atoms with E-state index >= 15 is 0 Å². The van der Waals surface area contributed by atoms with Gasteiger partial charge in [-0.05, 0) is 40.9 Å². The van der Waals surface area contributed by atoms with Gasteiger partial charge in [0.15, 0.2) is 0 Å². The zero-order chi connectivity index (χ0) is 14.8. The Morgan fingerprint density at radius 3 is 1.95 bits per heavy atom. The largest absolute Gasteiger partial charge is 0.397 e. The van der Waals surface area contributed by atoms with E-state index in [0.29, 0.717) is 11.3 Å². The summed E-state index contributed by atoms with van der Waals surface area (Å²) in [5.41, 5.74) is 10.1. The lowest BCUT2D eigenvalue weighted by molar-refractivity contribution is 0.406. The molecule has 0 aliphatic rings. The van der Waals surface area contributed by atoms with Gasteiger partial charge in [0.2, 0.25) is 0 Å². The van der Waals surface area contributed by atoms with Crippen molar-refractivity contribution in [2.24, 2.45) is 10.8 Å². The van der Waals surface area contributed by atoms with Gasteiger partial charge < -0.3 is 5.73 Å². The van der Waals surface area contributed by atoms with Crippen LogP contribution in [0.4, 0.5) is 5.69 Å². The van der Waals surface area contributed by atoms with E-state index in [1.165, 1.54) is 5.56 Å². The van der Waals surface area contributed by atoms with E-state index in [1.54, 1.807) is 0 Å². The number of anilines is 1. The average Bonchev–Trinajstić information content (AvgIpc) is 2.18. The molecular weight excluding hydrogens is 232 g/mol. The minimum atomic E-state index is 0.168. The maximum Gasteiger partial charge on any atom is 0.101 e. The van der Waals surface area contributed by atoms with Crippen LogP contribution in [-0.2, 0) is 12.8 Å². The Morgan fingerprint density at radius 1 is 1.00 bits per heavy atom. The SMILES string of the molecule is CC(C)(C)Cc1cc(C#N)c(N)c(CC(C)(C)C)c1. The van der Waals surface area contributed by atoms with Crippen LogP contribution < -0.4 is 5.73 Å². The maximum absolute atomic E-state index is 9.23. The topological polar surface area (TPSA) is 49.8 Å². The highest BCUT2D eigenvalue weighted by molar-refractivity contribution is 5.61. The number of nitrogen functional groups attached to an aromatic ring is 1. The monoisotopic (exact) mass is 258 g/mol. The lowest BCUT2D eigenvalue weighted by Gasteiger charge is -2.23. The van der Waals surface area contributed by atoms with Crippen molar-refractivity contribution < 1.29 is 0 Å². The van der Waals surface area contributed by atoms with E-state index in [9.17, 15) is 5.26 Å². The summed E-state index contributed by atoms with van der Waals surface area (Å²) >= 11 is 0. The van der Waals surface area contributed by atoms with Gasteiger partial charge in [-0.3, -0.25) is 0 Å². The molecule has 0 heterocycles. The minimum absolute atomic E-state index is 0.168. The van der Waals surface area contributed by atoms with Gasteiger partial charge in [-0.25, -0.2) is 0 Å². The van der Waals surface area contributed by atoms with Crippen molar-refractivity contribution in [3.63, 3.8) is 0 Å². The fourth-order valence-corrected chi connectivity index (χ4v) is 2.30. The van der Waals surface area contributed by atoms with Crippen molar-refractivity contribution in [3.8, 4) is 6.07 Å². The molecule has 1 aromatic carbocycles. The van der Waals surface area contributed by atoms with Crippen LogP contribution >= 0.6 is 0 Å². The Kier molecular flexibility index (Phi) is 4.30. The zero-order valence-corrected chi connectivity index (χ0v) is 13.1. The number of nitrogens with zero attached hydrogens (tertiary/aromatic N) is 1. The molecule has 19 heavy (non-hydrogen) atoms. The summed E-state index contributed by atoms with van der Waals surface area (Å²) in [6.45, 7) is 13.2. The molecule has 1 rings (SSSR count). The third-order valence-electron chi connectivity index (χ3n) is 2.90. The molecule has 0 aliphatic carbocycles. The molecular formula is C17H26N2. The van der Waals surface area contributed by atoms with Gasteiger partial charge in [0.25, 0.3) is 0 Å². The molecule has 0 spiro atoms. The molecule has 0 fully saturated rings. The van der Waals surface area contributed by atoms with Crippen LogP contribution in [0.15, 0.2) is 12.1 Å². The Labute approximate surface area is 117 Å². The lowest BCUT2D eigenvalue weighted by atomic mass is 9.83. The molecule has 0 atom stereocenters. The average molecular weight is 258 g/mol. The van der Waals surface area contributed by atoms with Crippen molar-refractivity contribution in [2.45, 2.75) is 54.4 Å². The molecule has 2 nitrogen and oxygen atoms in total. The van der Waals surface area contributed by atoms with Gasteiger partial charge in [-0.15, -0.1) is 0 Å². The molecule has 0 amide bonds. The standard InChI is InChI=1S/C17H26N2/c1-16(2,3)9-12-7-13(10-17(4,5)6)15(19)14(8-12)11-18/h7-8H,9-10,19H2,1-6H3. The van der Waals surface area contributed by atoms with Crippen molar-refractivity contribution >= 4 is 5.69 Å². The molecule has 104 valence electrons. The first-order chi connectivity index (χ1) is 8.52. The molecule has 0 aliphatic heterocycles. The van der Waals surface area contributed by atoms with E-state index in [1.807, 2.05) is 6.07 Å². The smallest absolute Gasteiger partial charge is 0.101 e. The molecule has 0 aromatic heterocycles. The quantitative estimate of drug-likeness (QED) is 0.803. The number of rotatable bonds is 2. The van der Waals surface area contributed by atoms with Crippen LogP contribution in [0.2, 0.25) is 0 Å². The zero-order valence-electron chi connectivity index (χ0n) is 13.1. The predicted molar refractivity (Wildman–Crippen MR) is 81.9 cm³/mol. The van der Waals surface area contributed by atoms with Crippen LogP contribution in [0.3, 0.4) is 0 Å². The first-order valence-corrected chi connectivity index (χ1v) is 6.83. The number of hydrogen-bond donors (Lipinski definition) is 1. The first-order valence-electron chi connectivity index (χ1n) is 6.83.